The molecule has 4 aromatic rings. The van der Waals surface area contributed by atoms with Gasteiger partial charge >= 0.3 is 5.97 Å². The van der Waals surface area contributed by atoms with Crippen LogP contribution in [0.15, 0.2) is 97.1 Å². The number of aryl methyl sites for hydroxylation is 1. The van der Waals surface area contributed by atoms with Gasteiger partial charge in [-0.25, -0.2) is 0 Å². The average Bonchev–Trinajstić information content (AvgIpc) is 3.98. The number of hydrogen-bond donors (Lipinski definition) is 1. The zero-order valence-electron chi connectivity index (χ0n) is 33.5. The van der Waals surface area contributed by atoms with Crippen LogP contribution < -0.4 is 9.47 Å². The summed E-state index contributed by atoms with van der Waals surface area (Å²) in [5.74, 6) is 1.95. The molecule has 1 amide bonds. The molecule has 0 radical (unpaired) electrons. The number of carbonyl (C=O) groups is 2. The first-order chi connectivity index (χ1) is 27.9. The lowest BCUT2D eigenvalue weighted by Gasteiger charge is -2.60. The van der Waals surface area contributed by atoms with E-state index in [-0.39, 0.29) is 35.1 Å². The Morgan fingerprint density at radius 3 is 2.23 bits per heavy atom. The minimum Gasteiger partial charge on any atom is -0.508 e. The van der Waals surface area contributed by atoms with Gasteiger partial charge in [0.05, 0.1) is 6.04 Å². The molecule has 9 rings (SSSR count). The molecular formula is C50H58N2O5. The summed E-state index contributed by atoms with van der Waals surface area (Å²) in [6, 6.07) is 33.7. The van der Waals surface area contributed by atoms with Gasteiger partial charge in [-0.1, -0.05) is 110 Å². The first-order valence-electron chi connectivity index (χ1n) is 21.8. The molecule has 0 unspecified atom stereocenters. The molecule has 57 heavy (non-hydrogen) atoms. The van der Waals surface area contributed by atoms with E-state index in [2.05, 4.69) is 101 Å². The molecule has 0 aromatic heterocycles. The highest BCUT2D eigenvalue weighted by molar-refractivity contribution is 5.77. The van der Waals surface area contributed by atoms with Crippen molar-refractivity contribution in [3.63, 3.8) is 0 Å². The number of aromatic hydroxyl groups is 1. The number of rotatable bonds is 16. The molecule has 298 valence electrons. The number of likely N-dealkylation sites (tertiary alicyclic amines) is 1. The number of nitrogens with zero attached hydrogens (tertiary/aromatic N) is 2. The Hall–Kier alpha value is -4.62. The van der Waals surface area contributed by atoms with E-state index in [1.54, 1.807) is 6.07 Å². The fraction of sp³-hybridized carbons (Fsp3) is 0.480. The minimum atomic E-state index is -0.437. The van der Waals surface area contributed by atoms with Crippen LogP contribution in [-0.2, 0) is 27.8 Å². The summed E-state index contributed by atoms with van der Waals surface area (Å²) in [6.07, 6.45) is 12.8. The predicted molar refractivity (Wildman–Crippen MR) is 223 cm³/mol. The van der Waals surface area contributed by atoms with E-state index in [4.69, 9.17) is 9.47 Å². The van der Waals surface area contributed by atoms with Gasteiger partial charge < -0.3 is 19.5 Å². The van der Waals surface area contributed by atoms with Gasteiger partial charge in [0.25, 0.3) is 0 Å². The van der Waals surface area contributed by atoms with Crippen LogP contribution in [0, 0.1) is 11.8 Å². The Kier molecular flexibility index (Phi) is 10.9. The van der Waals surface area contributed by atoms with Gasteiger partial charge in [0.1, 0.15) is 11.9 Å². The van der Waals surface area contributed by atoms with Crippen LogP contribution in [0.1, 0.15) is 111 Å². The second-order valence-electron chi connectivity index (χ2n) is 17.6. The number of hydrogen-bond acceptors (Lipinski definition) is 6. The highest BCUT2D eigenvalue weighted by Crippen LogP contribution is 2.66. The van der Waals surface area contributed by atoms with Crippen molar-refractivity contribution in [1.82, 2.24) is 9.80 Å². The van der Waals surface area contributed by atoms with Gasteiger partial charge in [-0.05, 0) is 92.9 Å². The van der Waals surface area contributed by atoms with Crippen LogP contribution in [0.2, 0.25) is 0 Å². The number of amides is 1. The Balaban J connectivity index is 1.04. The van der Waals surface area contributed by atoms with Crippen molar-refractivity contribution in [2.24, 2.45) is 11.8 Å². The fourth-order valence-corrected chi connectivity index (χ4v) is 11.4. The van der Waals surface area contributed by atoms with Crippen molar-refractivity contribution in [2.75, 3.05) is 19.6 Å². The summed E-state index contributed by atoms with van der Waals surface area (Å²) >= 11 is 0. The van der Waals surface area contributed by atoms with Gasteiger partial charge in [-0.2, -0.15) is 0 Å². The first-order valence-corrected chi connectivity index (χ1v) is 21.8. The molecule has 2 heterocycles. The Bertz CT molecular complexity index is 1990. The highest BCUT2D eigenvalue weighted by Gasteiger charge is 2.67. The lowest BCUT2D eigenvalue weighted by molar-refractivity contribution is -0.143. The van der Waals surface area contributed by atoms with Crippen LogP contribution in [0.25, 0.3) is 0 Å². The molecular weight excluding hydrogens is 709 g/mol. The summed E-state index contributed by atoms with van der Waals surface area (Å²) in [4.78, 5) is 32.4. The maximum Gasteiger partial charge on any atom is 0.308 e. The zero-order chi connectivity index (χ0) is 38.9. The van der Waals surface area contributed by atoms with Crippen LogP contribution in [0.4, 0.5) is 0 Å². The van der Waals surface area contributed by atoms with E-state index >= 15 is 4.79 Å². The maximum absolute atomic E-state index is 15.0. The van der Waals surface area contributed by atoms with E-state index < -0.39 is 5.97 Å². The van der Waals surface area contributed by atoms with Gasteiger partial charge in [-0.15, -0.1) is 0 Å². The summed E-state index contributed by atoms with van der Waals surface area (Å²) in [6.45, 7) is 4.04. The van der Waals surface area contributed by atoms with Crippen LogP contribution in [0.3, 0.4) is 0 Å². The molecule has 1 N–H and O–H groups in total. The zero-order valence-corrected chi connectivity index (χ0v) is 33.5. The fourth-order valence-electron chi connectivity index (χ4n) is 11.4. The quantitative estimate of drug-likeness (QED) is 0.0696. The van der Waals surface area contributed by atoms with Gasteiger partial charge in [0.15, 0.2) is 11.5 Å². The molecule has 5 atom stereocenters. The summed E-state index contributed by atoms with van der Waals surface area (Å²) in [5.41, 5.74) is 5.39. The normalized spacial score (nSPS) is 24.5. The lowest BCUT2D eigenvalue weighted by atomic mass is 9.50. The molecule has 2 aliphatic heterocycles. The number of unbranched alkanes of at least 4 members (excludes halogenated alkanes) is 4. The number of piperidine rings is 1. The van der Waals surface area contributed by atoms with Crippen molar-refractivity contribution in [3.05, 3.63) is 125 Å². The molecule has 4 aromatic carbocycles. The highest BCUT2D eigenvalue weighted by atomic mass is 16.6. The molecule has 5 aliphatic rings. The third kappa shape index (κ3) is 7.48. The van der Waals surface area contributed by atoms with E-state index in [0.717, 1.165) is 94.3 Å². The van der Waals surface area contributed by atoms with E-state index in [1.165, 1.54) is 36.5 Å². The number of carbonyl (C=O) groups excluding carboxylic acids is 2. The monoisotopic (exact) mass is 766 g/mol. The third-order valence-electron chi connectivity index (χ3n) is 14.1. The van der Waals surface area contributed by atoms with Crippen LogP contribution in [0.5, 0.6) is 17.2 Å². The minimum absolute atomic E-state index is 0.0101. The SMILES string of the molecule is CC(=O)Oc1cc(O)c2c3c1O[C@H]1[C@H](N(CC(c4ccccc4)c4ccccc4)C(=O)CCCCCCCc4ccccc4)CC[C@H]4[C@@H](C2)N(CC2CC2)CC[C@@]341. The van der Waals surface area contributed by atoms with Gasteiger partial charge in [-0.3, -0.25) is 14.5 Å². The summed E-state index contributed by atoms with van der Waals surface area (Å²) in [7, 11) is 0. The number of ether oxygens (including phenoxy) is 2. The number of benzene rings is 4. The van der Waals surface area contributed by atoms with E-state index in [0.29, 0.717) is 36.4 Å². The first kappa shape index (κ1) is 37.9. The standard InChI is InChI=1S/C50H58N2O5/c1-34(53)56-45-31-44(54)39-30-43-41-26-27-42(49-50(41,47(39)48(45)57-49)28-29-51(43)32-36-24-25-36)52(33-40(37-19-11-6-12-20-37)38-21-13-7-14-22-38)46(55)23-15-4-2-3-8-16-35-17-9-5-10-18-35/h5-7,9-14,17-22,31,36,40-43,49,54H,2-4,8,15-16,23-30,32-33H2,1H3/t41-,42+,43+,49-,50-/m0/s1. The number of esters is 1. The topological polar surface area (TPSA) is 79.3 Å². The van der Waals surface area contributed by atoms with Crippen molar-refractivity contribution >= 4 is 11.9 Å². The van der Waals surface area contributed by atoms with Gasteiger partial charge in [0.2, 0.25) is 5.91 Å². The second kappa shape index (κ2) is 16.3. The van der Waals surface area contributed by atoms with Crippen molar-refractivity contribution < 1.29 is 24.2 Å². The van der Waals surface area contributed by atoms with Crippen molar-refractivity contribution in [3.8, 4) is 17.2 Å². The lowest BCUT2D eigenvalue weighted by Crippen LogP contribution is -2.69. The molecule has 1 spiro atoms. The summed E-state index contributed by atoms with van der Waals surface area (Å²) in [5, 5.41) is 11.7. The van der Waals surface area contributed by atoms with Gasteiger partial charge in [0, 0.05) is 61.0 Å². The average molecular weight is 767 g/mol. The third-order valence-corrected chi connectivity index (χ3v) is 14.1. The molecule has 1 saturated heterocycles. The second-order valence-corrected chi connectivity index (χ2v) is 17.6. The Morgan fingerprint density at radius 2 is 1.54 bits per heavy atom. The smallest absolute Gasteiger partial charge is 0.308 e. The molecule has 2 bridgehead atoms. The Morgan fingerprint density at radius 1 is 0.877 bits per heavy atom. The molecule has 3 aliphatic carbocycles. The number of phenols is 1. The molecule has 3 fully saturated rings. The number of phenolic OH excluding ortho intramolecular Hbond substituents is 1. The van der Waals surface area contributed by atoms with Crippen molar-refractivity contribution in [1.29, 1.82) is 0 Å². The molecule has 7 nitrogen and oxygen atoms in total. The maximum atomic E-state index is 15.0. The largest absolute Gasteiger partial charge is 0.508 e. The van der Waals surface area contributed by atoms with Crippen molar-refractivity contribution in [2.45, 2.75) is 120 Å². The molecule has 7 heteroatoms. The Labute approximate surface area is 338 Å². The van der Waals surface area contributed by atoms with E-state index in [1.807, 2.05) is 0 Å². The van der Waals surface area contributed by atoms with Crippen LogP contribution in [-0.4, -0.2) is 64.6 Å². The summed E-state index contributed by atoms with van der Waals surface area (Å²) < 4.78 is 13.0. The molecule has 2 saturated carbocycles. The predicted octanol–water partition coefficient (Wildman–Crippen LogP) is 9.38. The van der Waals surface area contributed by atoms with E-state index in [9.17, 15) is 9.90 Å². The van der Waals surface area contributed by atoms with Crippen LogP contribution >= 0.6 is 0 Å².